The minimum atomic E-state index is -1.40. The summed E-state index contributed by atoms with van der Waals surface area (Å²) in [6.07, 6.45) is 2.71. The number of nitrogens with one attached hydrogen (secondary N) is 1. The maximum Gasteiger partial charge on any atom is 0.252 e. The van der Waals surface area contributed by atoms with E-state index in [1.807, 2.05) is 54.6 Å². The summed E-state index contributed by atoms with van der Waals surface area (Å²) in [4.78, 5) is 12.7. The molecule has 2 unspecified atom stereocenters. The van der Waals surface area contributed by atoms with Crippen LogP contribution in [0.15, 0.2) is 54.6 Å². The summed E-state index contributed by atoms with van der Waals surface area (Å²) in [5, 5.41) is 13.7. The second-order valence-corrected chi connectivity index (χ2v) is 6.81. The molecule has 132 valence electrons. The average Bonchev–Trinajstić information content (AvgIpc) is 2.83. The van der Waals surface area contributed by atoms with Gasteiger partial charge in [0.05, 0.1) is 12.6 Å². The Kier molecular flexibility index (Phi) is 5.39. The van der Waals surface area contributed by atoms with Gasteiger partial charge in [-0.25, -0.2) is 0 Å². The Morgan fingerprint density at radius 3 is 2.72 bits per heavy atom. The molecule has 0 spiro atoms. The summed E-state index contributed by atoms with van der Waals surface area (Å²) in [6, 6.07) is 17.5. The second-order valence-electron chi connectivity index (χ2n) is 6.81. The van der Waals surface area contributed by atoms with E-state index < -0.39 is 5.60 Å². The van der Waals surface area contributed by atoms with E-state index >= 15 is 0 Å². The van der Waals surface area contributed by atoms with E-state index in [9.17, 15) is 9.90 Å². The van der Waals surface area contributed by atoms with Crippen molar-refractivity contribution in [2.24, 2.45) is 0 Å². The average molecular weight is 339 g/mol. The highest BCUT2D eigenvalue weighted by atomic mass is 16.5. The second kappa shape index (κ2) is 7.70. The van der Waals surface area contributed by atoms with Crippen LogP contribution in [0, 0.1) is 0 Å². The highest BCUT2D eigenvalue weighted by Gasteiger charge is 2.32. The number of amides is 1. The maximum atomic E-state index is 12.7. The molecule has 0 aromatic heterocycles. The molecular formula is C21H25NO3. The number of carbonyl (C=O) groups is 1. The van der Waals surface area contributed by atoms with Crippen LogP contribution in [0.25, 0.3) is 0 Å². The molecule has 2 N–H and O–H groups in total. The van der Waals surface area contributed by atoms with Gasteiger partial charge in [0.2, 0.25) is 0 Å². The molecule has 0 fully saturated rings. The lowest BCUT2D eigenvalue weighted by molar-refractivity contribution is -0.139. The van der Waals surface area contributed by atoms with Crippen molar-refractivity contribution >= 4 is 5.91 Å². The number of carbonyl (C=O) groups excluding carboxylic acids is 1. The Bertz CT molecular complexity index is 712. The molecule has 3 rings (SSSR count). The molecule has 25 heavy (non-hydrogen) atoms. The van der Waals surface area contributed by atoms with Gasteiger partial charge in [0.1, 0.15) is 11.4 Å². The molecule has 1 amide bonds. The predicted molar refractivity (Wildman–Crippen MR) is 97.4 cm³/mol. The zero-order chi connectivity index (χ0) is 17.7. The van der Waals surface area contributed by atoms with E-state index in [-0.39, 0.29) is 11.9 Å². The molecule has 2 atom stereocenters. The van der Waals surface area contributed by atoms with Gasteiger partial charge in [-0.05, 0) is 44.2 Å². The van der Waals surface area contributed by atoms with Crippen molar-refractivity contribution < 1.29 is 14.6 Å². The van der Waals surface area contributed by atoms with Crippen LogP contribution in [0.3, 0.4) is 0 Å². The van der Waals surface area contributed by atoms with Crippen molar-refractivity contribution in [3.05, 3.63) is 65.7 Å². The van der Waals surface area contributed by atoms with Gasteiger partial charge in [0.15, 0.2) is 0 Å². The standard InChI is InChI=1S/C21H25NO3/c1-21(24,14-13-16-8-3-2-4-9-16)20(23)22-18-11-7-15-25-19-12-6-5-10-17(18)19/h2-6,8-10,12,18,24H,7,11,13-15H2,1H3,(H,22,23). The van der Waals surface area contributed by atoms with Gasteiger partial charge in [0.25, 0.3) is 5.91 Å². The topological polar surface area (TPSA) is 58.6 Å². The highest BCUT2D eigenvalue weighted by molar-refractivity contribution is 5.84. The van der Waals surface area contributed by atoms with Gasteiger partial charge in [-0.15, -0.1) is 0 Å². The number of hydrogen-bond acceptors (Lipinski definition) is 3. The number of fused-ring (bicyclic) bond motifs is 1. The lowest BCUT2D eigenvalue weighted by Crippen LogP contribution is -2.46. The van der Waals surface area contributed by atoms with Crippen molar-refractivity contribution in [1.82, 2.24) is 5.32 Å². The van der Waals surface area contributed by atoms with Gasteiger partial charge in [-0.1, -0.05) is 48.5 Å². The van der Waals surface area contributed by atoms with Crippen molar-refractivity contribution in [1.29, 1.82) is 0 Å². The summed E-state index contributed by atoms with van der Waals surface area (Å²) >= 11 is 0. The Labute approximate surface area is 148 Å². The number of rotatable bonds is 5. The molecule has 0 radical (unpaired) electrons. The first-order chi connectivity index (χ1) is 12.1. The number of aryl methyl sites for hydroxylation is 1. The monoisotopic (exact) mass is 339 g/mol. The molecule has 0 bridgehead atoms. The van der Waals surface area contributed by atoms with E-state index in [0.717, 1.165) is 29.7 Å². The third-order valence-electron chi connectivity index (χ3n) is 4.73. The molecular weight excluding hydrogens is 314 g/mol. The summed E-state index contributed by atoms with van der Waals surface area (Å²) in [7, 11) is 0. The van der Waals surface area contributed by atoms with Crippen molar-refractivity contribution in [2.75, 3.05) is 6.61 Å². The van der Waals surface area contributed by atoms with Crippen LogP contribution < -0.4 is 10.1 Å². The van der Waals surface area contributed by atoms with E-state index in [2.05, 4.69) is 5.32 Å². The van der Waals surface area contributed by atoms with Crippen molar-refractivity contribution in [3.8, 4) is 5.75 Å². The van der Waals surface area contributed by atoms with Crippen LogP contribution in [0.2, 0.25) is 0 Å². The van der Waals surface area contributed by atoms with Crippen LogP contribution in [0.5, 0.6) is 5.75 Å². The molecule has 0 saturated carbocycles. The first-order valence-electron chi connectivity index (χ1n) is 8.85. The van der Waals surface area contributed by atoms with Gasteiger partial charge < -0.3 is 15.2 Å². The summed E-state index contributed by atoms with van der Waals surface area (Å²) in [5.74, 6) is 0.486. The molecule has 2 aromatic rings. The number of ether oxygens (including phenoxy) is 1. The summed E-state index contributed by atoms with van der Waals surface area (Å²) in [5.41, 5.74) is 0.689. The number of hydrogen-bond donors (Lipinski definition) is 2. The highest BCUT2D eigenvalue weighted by Crippen LogP contribution is 2.31. The molecule has 4 heteroatoms. The van der Waals surface area contributed by atoms with Crippen LogP contribution in [-0.2, 0) is 11.2 Å². The van der Waals surface area contributed by atoms with Crippen LogP contribution >= 0.6 is 0 Å². The predicted octanol–water partition coefficient (Wildman–Crippen LogP) is 3.40. The maximum absolute atomic E-state index is 12.7. The zero-order valence-corrected chi connectivity index (χ0v) is 14.6. The van der Waals surface area contributed by atoms with Crippen molar-refractivity contribution in [2.45, 2.75) is 44.2 Å². The van der Waals surface area contributed by atoms with Gasteiger partial charge in [0, 0.05) is 5.56 Å². The lowest BCUT2D eigenvalue weighted by Gasteiger charge is -2.26. The van der Waals surface area contributed by atoms with Gasteiger partial charge in [-0.2, -0.15) is 0 Å². The van der Waals surface area contributed by atoms with Crippen molar-refractivity contribution in [3.63, 3.8) is 0 Å². The van der Waals surface area contributed by atoms with Crippen LogP contribution in [0.4, 0.5) is 0 Å². The molecule has 0 aliphatic carbocycles. The largest absolute Gasteiger partial charge is 0.493 e. The van der Waals surface area contributed by atoms with E-state index in [1.54, 1.807) is 6.92 Å². The number of aliphatic hydroxyl groups is 1. The smallest absolute Gasteiger partial charge is 0.252 e. The van der Waals surface area contributed by atoms with E-state index in [4.69, 9.17) is 4.74 Å². The van der Waals surface area contributed by atoms with Crippen LogP contribution in [-0.4, -0.2) is 23.2 Å². The molecule has 2 aromatic carbocycles. The fourth-order valence-electron chi connectivity index (χ4n) is 3.13. The molecule has 0 saturated heterocycles. The Balaban J connectivity index is 1.66. The zero-order valence-electron chi connectivity index (χ0n) is 14.6. The number of para-hydroxylation sites is 1. The summed E-state index contributed by atoms with van der Waals surface area (Å²) in [6.45, 7) is 2.23. The SMILES string of the molecule is CC(O)(CCc1ccccc1)C(=O)NC1CCCOc2ccccc21. The molecule has 4 nitrogen and oxygen atoms in total. The normalized spacial score (nSPS) is 19.0. The number of benzene rings is 2. The van der Waals surface area contributed by atoms with Crippen LogP contribution in [0.1, 0.15) is 43.4 Å². The molecule has 1 aliphatic heterocycles. The molecule has 1 aliphatic rings. The first kappa shape index (κ1) is 17.5. The van der Waals surface area contributed by atoms with Gasteiger partial charge in [-0.3, -0.25) is 4.79 Å². The minimum absolute atomic E-state index is 0.130. The minimum Gasteiger partial charge on any atom is -0.493 e. The molecule has 1 heterocycles. The fraction of sp³-hybridized carbons (Fsp3) is 0.381. The Hall–Kier alpha value is -2.33. The first-order valence-corrected chi connectivity index (χ1v) is 8.85. The third kappa shape index (κ3) is 4.40. The van der Waals surface area contributed by atoms with E-state index in [0.29, 0.717) is 19.4 Å². The quantitative estimate of drug-likeness (QED) is 0.878. The Morgan fingerprint density at radius 2 is 1.92 bits per heavy atom. The third-order valence-corrected chi connectivity index (χ3v) is 4.73. The summed E-state index contributed by atoms with van der Waals surface area (Å²) < 4.78 is 5.74. The van der Waals surface area contributed by atoms with E-state index in [1.165, 1.54) is 0 Å². The van der Waals surface area contributed by atoms with Gasteiger partial charge >= 0.3 is 0 Å². The Morgan fingerprint density at radius 1 is 1.20 bits per heavy atom. The lowest BCUT2D eigenvalue weighted by atomic mass is 9.94. The fourth-order valence-corrected chi connectivity index (χ4v) is 3.13.